The fourth-order valence-electron chi connectivity index (χ4n) is 5.51. The second kappa shape index (κ2) is 8.15. The first-order chi connectivity index (χ1) is 18.4. The van der Waals surface area contributed by atoms with Gasteiger partial charge in [0.2, 0.25) is 5.89 Å². The van der Waals surface area contributed by atoms with Gasteiger partial charge < -0.3 is 20.0 Å². The van der Waals surface area contributed by atoms with Crippen molar-refractivity contribution in [2.45, 2.75) is 24.2 Å². The van der Waals surface area contributed by atoms with Crippen LogP contribution in [0.4, 0.5) is 4.39 Å². The fourth-order valence-corrected chi connectivity index (χ4v) is 5.51. The van der Waals surface area contributed by atoms with Crippen molar-refractivity contribution < 1.29 is 8.81 Å². The summed E-state index contributed by atoms with van der Waals surface area (Å²) in [5.74, 6) is -0.744. The first-order valence-corrected chi connectivity index (χ1v) is 12.2. The van der Waals surface area contributed by atoms with E-state index in [1.54, 1.807) is 24.0 Å². The van der Waals surface area contributed by atoms with Crippen LogP contribution in [0.1, 0.15) is 28.4 Å². The van der Waals surface area contributed by atoms with Gasteiger partial charge in [-0.3, -0.25) is 15.0 Å². The summed E-state index contributed by atoms with van der Waals surface area (Å²) in [6.45, 7) is 0. The minimum atomic E-state index is -1.13. The predicted molar refractivity (Wildman–Crippen MR) is 136 cm³/mol. The lowest BCUT2D eigenvalue weighted by molar-refractivity contribution is 0.253. The van der Waals surface area contributed by atoms with E-state index in [9.17, 15) is 9.18 Å². The number of nitrogens with one attached hydrogen (secondary N) is 4. The topological polar surface area (TPSA) is 131 Å². The van der Waals surface area contributed by atoms with Crippen LogP contribution in [-0.2, 0) is 26.1 Å². The van der Waals surface area contributed by atoms with Gasteiger partial charge in [-0.15, -0.1) is 5.10 Å². The molecule has 4 aromatic heterocycles. The zero-order chi connectivity index (χ0) is 26.0. The zero-order valence-electron chi connectivity index (χ0n) is 20.6. The van der Waals surface area contributed by atoms with Gasteiger partial charge in [0.1, 0.15) is 12.0 Å². The molecule has 2 unspecified atom stereocenters. The van der Waals surface area contributed by atoms with Crippen LogP contribution in [-0.4, -0.2) is 41.7 Å². The number of H-pyrrole nitrogens is 1. The van der Waals surface area contributed by atoms with Crippen LogP contribution in [0.2, 0.25) is 0 Å². The zero-order valence-corrected chi connectivity index (χ0v) is 20.6. The number of pyridine rings is 1. The standard InChI is InChI=1S/C26H24FN9O2/c1-35-13-14(10-30-35)26(24-34-36(2)25(37)38-24)22-17(16-5-3-4-6-18(16)31-22)9-20(33-26)23-29-12-21(32-23)19-8-7-15(27)11-28-19/h3-8,10-13,20,23,29,31-33H,9H2,1-2H3/t20-,23?,26?/m1/s1. The van der Waals surface area contributed by atoms with Crippen molar-refractivity contribution >= 4 is 16.6 Å². The summed E-state index contributed by atoms with van der Waals surface area (Å²) in [7, 11) is 3.40. The van der Waals surface area contributed by atoms with E-state index in [0.717, 1.165) is 33.4 Å². The van der Waals surface area contributed by atoms with Crippen molar-refractivity contribution in [1.29, 1.82) is 0 Å². The highest BCUT2D eigenvalue weighted by Gasteiger charge is 2.51. The molecule has 11 nitrogen and oxygen atoms in total. The van der Waals surface area contributed by atoms with Gasteiger partial charge in [0.25, 0.3) is 0 Å². The number of aromatic amines is 1. The molecule has 6 heterocycles. The van der Waals surface area contributed by atoms with E-state index >= 15 is 0 Å². The monoisotopic (exact) mass is 513 g/mol. The third-order valence-electron chi connectivity index (χ3n) is 7.29. The van der Waals surface area contributed by atoms with E-state index in [4.69, 9.17) is 4.42 Å². The summed E-state index contributed by atoms with van der Waals surface area (Å²) in [6.07, 6.45) is 7.07. The van der Waals surface area contributed by atoms with Gasteiger partial charge in [-0.25, -0.2) is 9.18 Å². The van der Waals surface area contributed by atoms with Crippen molar-refractivity contribution in [3.05, 3.63) is 106 Å². The predicted octanol–water partition coefficient (Wildman–Crippen LogP) is 1.45. The highest BCUT2D eigenvalue weighted by atomic mass is 19.1. The van der Waals surface area contributed by atoms with Crippen LogP contribution >= 0.6 is 0 Å². The lowest BCUT2D eigenvalue weighted by Gasteiger charge is -2.41. The number of para-hydroxylation sites is 1. The molecule has 0 aliphatic carbocycles. The molecule has 2 aliphatic rings. The van der Waals surface area contributed by atoms with Crippen molar-refractivity contribution in [2.24, 2.45) is 14.1 Å². The van der Waals surface area contributed by atoms with Crippen LogP contribution in [0.3, 0.4) is 0 Å². The van der Waals surface area contributed by atoms with E-state index in [1.165, 1.54) is 16.9 Å². The number of rotatable bonds is 4. The van der Waals surface area contributed by atoms with Crippen LogP contribution in [0.15, 0.2) is 70.4 Å². The minimum Gasteiger partial charge on any atom is -0.389 e. The quantitative estimate of drug-likeness (QED) is 0.284. The van der Waals surface area contributed by atoms with E-state index in [0.29, 0.717) is 12.1 Å². The van der Waals surface area contributed by atoms with Crippen molar-refractivity contribution in [3.63, 3.8) is 0 Å². The molecule has 1 aromatic carbocycles. The number of benzene rings is 1. The number of aryl methyl sites for hydroxylation is 2. The number of fused-ring (bicyclic) bond motifs is 3. The lowest BCUT2D eigenvalue weighted by atomic mass is 9.79. The molecule has 0 amide bonds. The Bertz CT molecular complexity index is 1760. The summed E-state index contributed by atoms with van der Waals surface area (Å²) in [6, 6.07) is 10.9. The van der Waals surface area contributed by atoms with Crippen molar-refractivity contribution in [3.8, 4) is 0 Å². The van der Waals surface area contributed by atoms with Crippen LogP contribution in [0, 0.1) is 5.82 Å². The molecule has 0 bridgehead atoms. The molecule has 38 heavy (non-hydrogen) atoms. The molecule has 7 rings (SSSR count). The van der Waals surface area contributed by atoms with Gasteiger partial charge in [-0.2, -0.15) is 9.78 Å². The fraction of sp³-hybridized carbons (Fsp3) is 0.231. The Kier molecular flexibility index (Phi) is 4.82. The first-order valence-electron chi connectivity index (χ1n) is 12.2. The number of hydrogen-bond acceptors (Lipinski definition) is 8. The van der Waals surface area contributed by atoms with Gasteiger partial charge >= 0.3 is 5.76 Å². The Hall–Kier alpha value is -4.71. The molecular weight excluding hydrogens is 489 g/mol. The Morgan fingerprint density at radius 2 is 2.03 bits per heavy atom. The molecular formula is C26H24FN9O2. The molecule has 4 N–H and O–H groups in total. The molecule has 12 heteroatoms. The Morgan fingerprint density at radius 1 is 1.16 bits per heavy atom. The van der Waals surface area contributed by atoms with E-state index < -0.39 is 17.1 Å². The highest BCUT2D eigenvalue weighted by molar-refractivity contribution is 5.86. The van der Waals surface area contributed by atoms with Gasteiger partial charge in [0.05, 0.1) is 35.5 Å². The summed E-state index contributed by atoms with van der Waals surface area (Å²) < 4.78 is 22.1. The van der Waals surface area contributed by atoms with E-state index in [-0.39, 0.29) is 18.1 Å². The molecule has 5 aromatic rings. The summed E-state index contributed by atoms with van der Waals surface area (Å²) in [5, 5.41) is 20.7. The Morgan fingerprint density at radius 3 is 2.76 bits per heavy atom. The largest absolute Gasteiger partial charge is 0.436 e. The molecule has 2 aliphatic heterocycles. The first kappa shape index (κ1) is 22.5. The molecule has 0 radical (unpaired) electrons. The average Bonchev–Trinajstić information content (AvgIpc) is 3.71. The Balaban J connectivity index is 1.38. The number of aromatic nitrogens is 6. The second-order valence-electron chi connectivity index (χ2n) is 9.64. The smallest absolute Gasteiger partial charge is 0.389 e. The second-order valence-corrected chi connectivity index (χ2v) is 9.64. The van der Waals surface area contributed by atoms with Crippen molar-refractivity contribution in [2.75, 3.05) is 0 Å². The van der Waals surface area contributed by atoms with Gasteiger partial charge in [0.15, 0.2) is 5.54 Å². The molecule has 3 atom stereocenters. The lowest BCUT2D eigenvalue weighted by Crippen LogP contribution is -2.62. The maximum Gasteiger partial charge on any atom is 0.436 e. The van der Waals surface area contributed by atoms with Crippen LogP contribution in [0.5, 0.6) is 0 Å². The molecule has 0 saturated heterocycles. The third kappa shape index (κ3) is 3.30. The number of hydrogen-bond donors (Lipinski definition) is 4. The number of halogens is 1. The van der Waals surface area contributed by atoms with Crippen molar-refractivity contribution in [1.82, 2.24) is 45.5 Å². The van der Waals surface area contributed by atoms with Gasteiger partial charge in [0, 0.05) is 43.0 Å². The van der Waals surface area contributed by atoms with E-state index in [1.807, 2.05) is 37.6 Å². The normalized spacial score (nSPS) is 22.7. The maximum atomic E-state index is 13.4. The average molecular weight is 514 g/mol. The SMILES string of the molecule is Cn1cc(C2(c3nn(C)c(=O)o3)N[C@@H](C3NC=C(c4ccc(F)cn4)N3)Cc3c2[nH]c2ccccc32)cn1. The minimum absolute atomic E-state index is 0.205. The summed E-state index contributed by atoms with van der Waals surface area (Å²) in [5.41, 5.74) is 3.90. The Labute approximate surface area is 215 Å². The molecule has 0 fully saturated rings. The third-order valence-corrected chi connectivity index (χ3v) is 7.29. The molecule has 0 spiro atoms. The van der Waals surface area contributed by atoms with Crippen LogP contribution in [0.25, 0.3) is 16.6 Å². The summed E-state index contributed by atoms with van der Waals surface area (Å²) >= 11 is 0. The van der Waals surface area contributed by atoms with E-state index in [2.05, 4.69) is 42.2 Å². The van der Waals surface area contributed by atoms with Gasteiger partial charge in [-0.1, -0.05) is 18.2 Å². The van der Waals surface area contributed by atoms with Gasteiger partial charge in [-0.05, 0) is 30.2 Å². The van der Waals surface area contributed by atoms with Crippen LogP contribution < -0.4 is 21.7 Å². The molecule has 0 saturated carbocycles. The summed E-state index contributed by atoms with van der Waals surface area (Å²) in [4.78, 5) is 20.3. The number of nitrogens with zero attached hydrogens (tertiary/aromatic N) is 5. The maximum absolute atomic E-state index is 13.4. The highest BCUT2D eigenvalue weighted by Crippen LogP contribution is 2.43. The molecule has 192 valence electrons.